The number of amides is 1. The molecule has 0 aromatic heterocycles. The van der Waals surface area contributed by atoms with E-state index in [1.165, 1.54) is 4.91 Å². The van der Waals surface area contributed by atoms with E-state index in [4.69, 9.17) is 10.7 Å². The van der Waals surface area contributed by atoms with Crippen LogP contribution in [-0.2, 0) is 4.79 Å². The lowest BCUT2D eigenvalue weighted by Crippen LogP contribution is -2.50. The fraction of sp³-hybridized carbons (Fsp3) is 0.600. The lowest BCUT2D eigenvalue weighted by Gasteiger charge is -2.35. The summed E-state index contributed by atoms with van der Waals surface area (Å²) in [5, 5.41) is 3.55. The van der Waals surface area contributed by atoms with E-state index in [0.29, 0.717) is 5.75 Å². The van der Waals surface area contributed by atoms with Gasteiger partial charge < -0.3 is 20.9 Å². The fourth-order valence-corrected chi connectivity index (χ4v) is 4.86. The first-order valence-electron chi connectivity index (χ1n) is 14.0. The average Bonchev–Trinajstić information content (AvgIpc) is 2.89. The number of amidine groups is 1. The van der Waals surface area contributed by atoms with E-state index in [2.05, 4.69) is 67.9 Å². The van der Waals surface area contributed by atoms with Crippen LogP contribution in [0.2, 0.25) is 0 Å². The summed E-state index contributed by atoms with van der Waals surface area (Å²) in [6.45, 7) is 16.7. The number of nitrogens with one attached hydrogen (secondary N) is 1. The molecule has 1 fully saturated rings. The molecule has 1 rings (SSSR count). The zero-order valence-electron chi connectivity index (χ0n) is 24.5. The second-order valence-electron chi connectivity index (χ2n) is 9.68. The van der Waals surface area contributed by atoms with Gasteiger partial charge >= 0.3 is 0 Å². The summed E-state index contributed by atoms with van der Waals surface area (Å²) in [6.07, 6.45) is 17.1. The first-order valence-corrected chi connectivity index (χ1v) is 15.0. The highest BCUT2D eigenvalue weighted by molar-refractivity contribution is 8.03. The number of rotatable bonds is 17. The van der Waals surface area contributed by atoms with Crippen molar-refractivity contribution in [3.8, 4) is 0 Å². The van der Waals surface area contributed by atoms with Crippen molar-refractivity contribution in [1.29, 1.82) is 0 Å². The summed E-state index contributed by atoms with van der Waals surface area (Å²) in [5.74, 6) is 1.60. The molecular weight excluding hydrogens is 492 g/mol. The Morgan fingerprint density at radius 3 is 2.53 bits per heavy atom. The predicted molar refractivity (Wildman–Crippen MR) is 168 cm³/mol. The van der Waals surface area contributed by atoms with Gasteiger partial charge in [-0.2, -0.15) is 0 Å². The van der Waals surface area contributed by atoms with Crippen molar-refractivity contribution in [3.05, 3.63) is 59.6 Å². The maximum Gasteiger partial charge on any atom is 0.233 e. The molecule has 0 aromatic carbocycles. The number of carbonyl (C=O) groups is 1. The van der Waals surface area contributed by atoms with Crippen LogP contribution in [0.4, 0.5) is 0 Å². The molecule has 1 heterocycles. The lowest BCUT2D eigenvalue weighted by atomic mass is 10.1. The van der Waals surface area contributed by atoms with Crippen molar-refractivity contribution in [2.24, 2.45) is 10.7 Å². The molecule has 0 saturated carbocycles. The molecule has 0 spiro atoms. The van der Waals surface area contributed by atoms with Crippen molar-refractivity contribution in [2.45, 2.75) is 46.1 Å². The first-order chi connectivity index (χ1) is 18.3. The molecule has 38 heavy (non-hydrogen) atoms. The number of aliphatic imine (C=N–C) groups is 1. The number of hydrogen-bond donors (Lipinski definition) is 2. The zero-order valence-corrected chi connectivity index (χ0v) is 25.3. The number of thioether (sulfide) groups is 1. The van der Waals surface area contributed by atoms with E-state index in [9.17, 15) is 4.79 Å². The van der Waals surface area contributed by atoms with Crippen molar-refractivity contribution in [1.82, 2.24) is 20.0 Å². The molecule has 0 bridgehead atoms. The highest BCUT2D eigenvalue weighted by Crippen LogP contribution is 2.19. The van der Waals surface area contributed by atoms with Crippen molar-refractivity contribution < 1.29 is 4.79 Å². The minimum Gasteiger partial charge on any atom is -0.369 e. The Kier molecular flexibility index (Phi) is 18.5. The molecule has 3 N–H and O–H groups in total. The zero-order chi connectivity index (χ0) is 28.2. The van der Waals surface area contributed by atoms with Gasteiger partial charge in [0.15, 0.2) is 0 Å². The Bertz CT molecular complexity index is 836. The molecule has 0 aromatic rings. The lowest BCUT2D eigenvalue weighted by molar-refractivity contribution is -0.130. The van der Waals surface area contributed by atoms with Crippen molar-refractivity contribution >= 4 is 23.5 Å². The number of carbonyl (C=O) groups excluding carboxylic acids is 1. The number of allylic oxidation sites excluding steroid dienone is 7. The number of hydrogen-bond acceptors (Lipinski definition) is 6. The Morgan fingerprint density at radius 1 is 1.18 bits per heavy atom. The van der Waals surface area contributed by atoms with Crippen LogP contribution in [-0.4, -0.2) is 105 Å². The summed E-state index contributed by atoms with van der Waals surface area (Å²) < 4.78 is 0. The highest BCUT2D eigenvalue weighted by atomic mass is 32.2. The van der Waals surface area contributed by atoms with E-state index < -0.39 is 0 Å². The fourth-order valence-electron chi connectivity index (χ4n) is 3.91. The monoisotopic (exact) mass is 544 g/mol. The van der Waals surface area contributed by atoms with Crippen LogP contribution in [0.3, 0.4) is 0 Å². The second kappa shape index (κ2) is 20.8. The third kappa shape index (κ3) is 14.7. The van der Waals surface area contributed by atoms with Gasteiger partial charge in [0.25, 0.3) is 0 Å². The van der Waals surface area contributed by atoms with Gasteiger partial charge in [-0.1, -0.05) is 63.0 Å². The topological polar surface area (TPSA) is 77.2 Å². The van der Waals surface area contributed by atoms with Crippen LogP contribution in [0, 0.1) is 0 Å². The summed E-state index contributed by atoms with van der Waals surface area (Å²) in [5.41, 5.74) is 7.29. The molecule has 1 aliphatic rings. The molecule has 1 aliphatic heterocycles. The van der Waals surface area contributed by atoms with Crippen LogP contribution in [0.25, 0.3) is 0 Å². The van der Waals surface area contributed by atoms with E-state index in [1.807, 2.05) is 30.1 Å². The Hall–Kier alpha value is -2.13. The molecule has 0 aliphatic carbocycles. The summed E-state index contributed by atoms with van der Waals surface area (Å²) in [7, 11) is 4.15. The third-order valence-corrected chi connectivity index (χ3v) is 7.08. The van der Waals surface area contributed by atoms with Gasteiger partial charge in [-0.15, -0.1) is 11.8 Å². The average molecular weight is 545 g/mol. The maximum absolute atomic E-state index is 12.8. The molecule has 1 atom stereocenters. The van der Waals surface area contributed by atoms with Crippen LogP contribution in [0.15, 0.2) is 64.6 Å². The highest BCUT2D eigenvalue weighted by Gasteiger charge is 2.21. The van der Waals surface area contributed by atoms with Gasteiger partial charge in [-0.3, -0.25) is 14.7 Å². The smallest absolute Gasteiger partial charge is 0.233 e. The van der Waals surface area contributed by atoms with Crippen LogP contribution < -0.4 is 11.1 Å². The number of piperazine rings is 1. The van der Waals surface area contributed by atoms with Gasteiger partial charge in [-0.25, -0.2) is 0 Å². The van der Waals surface area contributed by atoms with Crippen LogP contribution in [0.1, 0.15) is 40.0 Å². The quantitative estimate of drug-likeness (QED) is 0.124. The van der Waals surface area contributed by atoms with E-state index in [1.54, 1.807) is 17.8 Å². The Morgan fingerprint density at radius 2 is 1.92 bits per heavy atom. The molecule has 7 nitrogen and oxygen atoms in total. The van der Waals surface area contributed by atoms with E-state index in [-0.39, 0.29) is 11.9 Å². The van der Waals surface area contributed by atoms with Crippen molar-refractivity contribution in [3.63, 3.8) is 0 Å². The Labute approximate surface area is 236 Å². The minimum absolute atomic E-state index is 0.137. The van der Waals surface area contributed by atoms with Gasteiger partial charge in [0.05, 0.1) is 5.75 Å². The second-order valence-corrected chi connectivity index (χ2v) is 10.7. The van der Waals surface area contributed by atoms with Gasteiger partial charge in [-0.05, 0) is 46.8 Å². The van der Waals surface area contributed by atoms with Gasteiger partial charge in [0.1, 0.15) is 5.84 Å². The molecule has 1 saturated heterocycles. The molecule has 214 valence electrons. The van der Waals surface area contributed by atoms with E-state index in [0.717, 1.165) is 83.0 Å². The number of nitrogens with zero attached hydrogens (tertiary/aromatic N) is 4. The largest absolute Gasteiger partial charge is 0.369 e. The standard InChI is InChI=1S/C30H52N6OS/c1-7-10-12-16-28(26(4)31)30(32-17-13-19-34(5)6)33-18-20-35-21-23-36(24-22-35)29(37)25-38-27(14-9-3)15-11-8-2/h7,10-12,14-16,26H,1,8-9,13,17-25,31H2,2-6H3,(H,32,33)/b12-10-,15-11-,27-14+,28-16+. The van der Waals surface area contributed by atoms with E-state index >= 15 is 0 Å². The normalized spacial score (nSPS) is 17.1. The first kappa shape index (κ1) is 33.9. The summed E-state index contributed by atoms with van der Waals surface area (Å²) >= 11 is 1.64. The van der Waals surface area contributed by atoms with Crippen molar-refractivity contribution in [2.75, 3.05) is 72.2 Å². The van der Waals surface area contributed by atoms with Gasteiger partial charge in [0, 0.05) is 62.3 Å². The Balaban J connectivity index is 2.61. The molecule has 0 radical (unpaired) electrons. The molecule has 8 heteroatoms. The van der Waals surface area contributed by atoms with Gasteiger partial charge in [0.2, 0.25) is 5.91 Å². The SMILES string of the molecule is C=C/C=C\C=C(\C(=NCCCN(C)C)NCCN1CCN(C(=O)CSC(/C=C\CC)=C/CC)CC1)C(C)N. The van der Waals surface area contributed by atoms with Crippen LogP contribution in [0.5, 0.6) is 0 Å². The molecule has 1 amide bonds. The summed E-state index contributed by atoms with van der Waals surface area (Å²) in [6, 6.07) is -0.137. The maximum atomic E-state index is 12.8. The predicted octanol–water partition coefficient (Wildman–Crippen LogP) is 4.08. The summed E-state index contributed by atoms with van der Waals surface area (Å²) in [4.78, 5) is 25.4. The molecular formula is C30H52N6OS. The minimum atomic E-state index is -0.137. The number of nitrogens with two attached hydrogens (primary N) is 1. The molecule has 1 unspecified atom stereocenters. The third-order valence-electron chi connectivity index (χ3n) is 6.05. The van der Waals surface area contributed by atoms with Crippen LogP contribution >= 0.6 is 11.8 Å².